The van der Waals surface area contributed by atoms with E-state index in [0.717, 1.165) is 0 Å². The van der Waals surface area contributed by atoms with Gasteiger partial charge in [0.05, 0.1) is 5.97 Å². The molecule has 2 nitrogen and oxygen atoms in total. The molecule has 0 rings (SSSR count). The molecule has 0 N–H and O–H groups in total. The fourth-order valence-electron chi connectivity index (χ4n) is 0.832. The van der Waals surface area contributed by atoms with Crippen LogP contribution in [0.4, 0.5) is 35.1 Å². The highest BCUT2D eigenvalue weighted by atomic mass is 19.4. The molecule has 106 valence electrons. The zero-order chi connectivity index (χ0) is 14.9. The fraction of sp³-hybridized carbons (Fsp3) is 0.625. The van der Waals surface area contributed by atoms with E-state index >= 15 is 0 Å². The Morgan fingerprint density at radius 2 is 1.50 bits per heavy atom. The summed E-state index contributed by atoms with van der Waals surface area (Å²) in [6.07, 6.45) is -7.49. The second-order valence-electron chi connectivity index (χ2n) is 3.27. The van der Waals surface area contributed by atoms with Crippen LogP contribution in [-0.2, 0) is 4.79 Å². The van der Waals surface area contributed by atoms with Crippen LogP contribution in [0.5, 0.6) is 0 Å². The molecule has 0 aliphatic heterocycles. The van der Waals surface area contributed by atoms with Crippen molar-refractivity contribution in [2.75, 3.05) is 0 Å². The van der Waals surface area contributed by atoms with Crippen molar-refractivity contribution in [3.63, 3.8) is 0 Å². The van der Waals surface area contributed by atoms with E-state index in [-0.39, 0.29) is 0 Å². The van der Waals surface area contributed by atoms with E-state index in [1.165, 1.54) is 0 Å². The first-order valence-electron chi connectivity index (χ1n) is 4.08. The summed E-state index contributed by atoms with van der Waals surface area (Å²) in [5.41, 5.74) is -1.62. The second-order valence-corrected chi connectivity index (χ2v) is 3.27. The predicted octanol–water partition coefficient (Wildman–Crippen LogP) is 1.85. The molecule has 0 aliphatic rings. The van der Waals surface area contributed by atoms with Gasteiger partial charge in [-0.05, 0) is 5.57 Å². The van der Waals surface area contributed by atoms with E-state index in [1.54, 1.807) is 0 Å². The standard InChI is InChI=1S/C8H6F8O2/c1-3(4(17)18)2-6(11,12)8(15,16)7(13,14)5(9)10/h5H,1-2H2,(H,17,18)/p-1. The molecule has 0 unspecified atom stereocenters. The molecule has 0 atom stereocenters. The molecular formula is C8H5F8O2-. The Balaban J connectivity index is 5.32. The average Bonchev–Trinajstić information content (AvgIpc) is 2.15. The normalized spacial score (nSPS) is 13.8. The Labute approximate surface area is 94.9 Å². The van der Waals surface area contributed by atoms with Crippen molar-refractivity contribution in [2.45, 2.75) is 30.6 Å². The third-order valence-electron chi connectivity index (χ3n) is 1.88. The first kappa shape index (κ1) is 16.6. The summed E-state index contributed by atoms with van der Waals surface area (Å²) in [7, 11) is 0. The number of carboxylic acids is 1. The topological polar surface area (TPSA) is 40.1 Å². The van der Waals surface area contributed by atoms with E-state index in [0.29, 0.717) is 0 Å². The van der Waals surface area contributed by atoms with E-state index in [9.17, 15) is 45.0 Å². The van der Waals surface area contributed by atoms with Gasteiger partial charge in [-0.2, -0.15) is 26.3 Å². The molecule has 0 saturated heterocycles. The minimum Gasteiger partial charge on any atom is -0.545 e. The number of hydrogen-bond acceptors (Lipinski definition) is 2. The predicted molar refractivity (Wildman–Crippen MR) is 39.6 cm³/mol. The lowest BCUT2D eigenvalue weighted by atomic mass is 9.98. The largest absolute Gasteiger partial charge is 0.545 e. The lowest BCUT2D eigenvalue weighted by Crippen LogP contribution is -2.57. The quantitative estimate of drug-likeness (QED) is 0.552. The van der Waals surface area contributed by atoms with Crippen molar-refractivity contribution in [1.29, 1.82) is 0 Å². The first-order chi connectivity index (χ1) is 7.77. The number of aliphatic carboxylic acids is 1. The van der Waals surface area contributed by atoms with Crippen LogP contribution in [0, 0.1) is 0 Å². The van der Waals surface area contributed by atoms with Gasteiger partial charge in [-0.3, -0.25) is 0 Å². The monoisotopic (exact) mass is 285 g/mol. The number of carboxylic acid groups (broad SMARTS) is 1. The molecule has 10 heteroatoms. The van der Waals surface area contributed by atoms with Gasteiger partial charge in [-0.15, -0.1) is 0 Å². The molecule has 0 heterocycles. The molecule has 0 bridgehead atoms. The van der Waals surface area contributed by atoms with Crippen molar-refractivity contribution < 1.29 is 45.0 Å². The Kier molecular flexibility index (Phi) is 4.37. The van der Waals surface area contributed by atoms with Crippen LogP contribution >= 0.6 is 0 Å². The second kappa shape index (κ2) is 4.73. The molecule has 0 aromatic rings. The molecular weight excluding hydrogens is 280 g/mol. The third kappa shape index (κ3) is 2.72. The van der Waals surface area contributed by atoms with Gasteiger partial charge < -0.3 is 9.90 Å². The maximum absolute atomic E-state index is 12.8. The van der Waals surface area contributed by atoms with Gasteiger partial charge in [0.2, 0.25) is 0 Å². The van der Waals surface area contributed by atoms with Crippen molar-refractivity contribution in [3.8, 4) is 0 Å². The summed E-state index contributed by atoms with van der Waals surface area (Å²) < 4.78 is 98.6. The average molecular weight is 285 g/mol. The molecule has 18 heavy (non-hydrogen) atoms. The maximum atomic E-state index is 12.8. The SMILES string of the molecule is C=C(CC(F)(F)C(F)(F)C(F)(F)C(F)F)C(=O)[O-]. The van der Waals surface area contributed by atoms with Gasteiger partial charge in [-0.1, -0.05) is 6.58 Å². The van der Waals surface area contributed by atoms with Gasteiger partial charge in [-0.25, -0.2) is 8.78 Å². The molecule has 0 aromatic heterocycles. The van der Waals surface area contributed by atoms with Crippen molar-refractivity contribution in [2.24, 2.45) is 0 Å². The Morgan fingerprint density at radius 3 is 1.78 bits per heavy atom. The van der Waals surface area contributed by atoms with Crippen LogP contribution < -0.4 is 5.11 Å². The first-order valence-corrected chi connectivity index (χ1v) is 4.08. The Bertz CT molecular complexity index is 349. The summed E-state index contributed by atoms with van der Waals surface area (Å²) in [5.74, 6) is -20.9. The molecule has 0 radical (unpaired) electrons. The van der Waals surface area contributed by atoms with Crippen molar-refractivity contribution >= 4 is 5.97 Å². The molecule has 0 aromatic carbocycles. The molecule has 0 amide bonds. The zero-order valence-corrected chi connectivity index (χ0v) is 8.33. The highest BCUT2D eigenvalue weighted by molar-refractivity contribution is 5.83. The molecule has 0 aliphatic carbocycles. The highest BCUT2D eigenvalue weighted by Crippen LogP contribution is 2.50. The maximum Gasteiger partial charge on any atom is 0.378 e. The Hall–Kier alpha value is -1.35. The minimum absolute atomic E-state index is 1.62. The summed E-state index contributed by atoms with van der Waals surface area (Å²) >= 11 is 0. The number of alkyl halides is 8. The lowest BCUT2D eigenvalue weighted by molar-refractivity contribution is -0.339. The summed E-state index contributed by atoms with van der Waals surface area (Å²) in [6, 6.07) is 0. The van der Waals surface area contributed by atoms with Gasteiger partial charge in [0.25, 0.3) is 0 Å². The van der Waals surface area contributed by atoms with E-state index in [2.05, 4.69) is 6.58 Å². The molecule has 0 saturated carbocycles. The number of rotatable bonds is 6. The molecule has 0 fully saturated rings. The summed E-state index contributed by atoms with van der Waals surface area (Å²) in [4.78, 5) is 9.96. The van der Waals surface area contributed by atoms with Gasteiger partial charge in [0, 0.05) is 6.42 Å². The van der Waals surface area contributed by atoms with Crippen LogP contribution in [0.15, 0.2) is 12.2 Å². The summed E-state index contributed by atoms with van der Waals surface area (Å²) in [6.45, 7) is 2.37. The summed E-state index contributed by atoms with van der Waals surface area (Å²) in [5, 5.41) is 9.96. The van der Waals surface area contributed by atoms with Crippen LogP contribution in [0.25, 0.3) is 0 Å². The van der Waals surface area contributed by atoms with E-state index in [1.807, 2.05) is 0 Å². The fourth-order valence-corrected chi connectivity index (χ4v) is 0.832. The van der Waals surface area contributed by atoms with Gasteiger partial charge >= 0.3 is 24.2 Å². The van der Waals surface area contributed by atoms with Gasteiger partial charge in [0.1, 0.15) is 0 Å². The zero-order valence-electron chi connectivity index (χ0n) is 8.33. The number of halogens is 8. The number of carbonyl (C=O) groups excluding carboxylic acids is 1. The number of carbonyl (C=O) groups is 1. The van der Waals surface area contributed by atoms with Crippen molar-refractivity contribution in [3.05, 3.63) is 12.2 Å². The van der Waals surface area contributed by atoms with Gasteiger partial charge in [0.15, 0.2) is 0 Å². The molecule has 0 spiro atoms. The van der Waals surface area contributed by atoms with E-state index in [4.69, 9.17) is 0 Å². The minimum atomic E-state index is -6.44. The third-order valence-corrected chi connectivity index (χ3v) is 1.88. The van der Waals surface area contributed by atoms with E-state index < -0.39 is 42.2 Å². The van der Waals surface area contributed by atoms with Crippen LogP contribution in [-0.4, -0.2) is 30.2 Å². The van der Waals surface area contributed by atoms with Crippen LogP contribution in [0.1, 0.15) is 6.42 Å². The lowest BCUT2D eigenvalue weighted by Gasteiger charge is -2.32. The van der Waals surface area contributed by atoms with Crippen molar-refractivity contribution in [1.82, 2.24) is 0 Å². The highest BCUT2D eigenvalue weighted by Gasteiger charge is 2.75. The van der Waals surface area contributed by atoms with Crippen LogP contribution in [0.3, 0.4) is 0 Å². The Morgan fingerprint density at radius 1 is 1.11 bits per heavy atom. The number of hydrogen-bond donors (Lipinski definition) is 0. The van der Waals surface area contributed by atoms with Crippen LogP contribution in [0.2, 0.25) is 0 Å². The smallest absolute Gasteiger partial charge is 0.378 e.